The van der Waals surface area contributed by atoms with Gasteiger partial charge in [-0.05, 0) is 0 Å². The van der Waals surface area contributed by atoms with Crippen molar-refractivity contribution in [1.82, 2.24) is 0 Å². The van der Waals surface area contributed by atoms with E-state index >= 15 is 0 Å². The standard InChI is InChI=1S/3C8H7.Bi/c3*1-2-8-6-4-3-5-7-8;/h3*2,4-7H,1H2;. The van der Waals surface area contributed by atoms with Gasteiger partial charge < -0.3 is 0 Å². The fourth-order valence-electron chi connectivity index (χ4n) is 2.73. The van der Waals surface area contributed by atoms with E-state index in [1.807, 2.05) is 18.2 Å². The summed E-state index contributed by atoms with van der Waals surface area (Å²) >= 11 is -2.30. The van der Waals surface area contributed by atoms with E-state index in [0.29, 0.717) is 0 Å². The molecule has 0 saturated carbocycles. The Hall–Kier alpha value is -2.24. The van der Waals surface area contributed by atoms with Crippen molar-refractivity contribution in [3.8, 4) is 0 Å². The predicted molar refractivity (Wildman–Crippen MR) is 114 cm³/mol. The van der Waals surface area contributed by atoms with Gasteiger partial charge in [0.05, 0.1) is 0 Å². The molecule has 0 amide bonds. The molecular formula is C24H21Bi. The van der Waals surface area contributed by atoms with Crippen LogP contribution < -0.4 is 9.81 Å². The molecule has 0 bridgehead atoms. The minimum absolute atomic E-state index is 1.16. The molecule has 0 aliphatic carbocycles. The molecule has 122 valence electrons. The van der Waals surface area contributed by atoms with Gasteiger partial charge in [-0.2, -0.15) is 0 Å². The molecule has 0 aromatic heterocycles. The van der Waals surface area contributed by atoms with Crippen molar-refractivity contribution in [2.24, 2.45) is 0 Å². The van der Waals surface area contributed by atoms with E-state index in [0.717, 1.165) is 16.7 Å². The van der Waals surface area contributed by atoms with Crippen LogP contribution in [0.2, 0.25) is 0 Å². The molecule has 0 atom stereocenters. The van der Waals surface area contributed by atoms with Gasteiger partial charge in [-0.15, -0.1) is 0 Å². The van der Waals surface area contributed by atoms with E-state index in [1.54, 1.807) is 0 Å². The molecule has 3 aromatic carbocycles. The van der Waals surface area contributed by atoms with Crippen LogP contribution in [0, 0.1) is 0 Å². The molecule has 0 nitrogen and oxygen atoms in total. The third kappa shape index (κ3) is 4.06. The van der Waals surface area contributed by atoms with Crippen LogP contribution in [0.4, 0.5) is 0 Å². The molecule has 3 aromatic rings. The number of hydrogen-bond donors (Lipinski definition) is 0. The maximum atomic E-state index is 3.86. The Labute approximate surface area is 158 Å². The van der Waals surface area contributed by atoms with Gasteiger partial charge in [0.1, 0.15) is 0 Å². The van der Waals surface area contributed by atoms with Crippen LogP contribution in [-0.4, -0.2) is 21.8 Å². The van der Waals surface area contributed by atoms with Crippen LogP contribution in [0.5, 0.6) is 0 Å². The normalized spacial score (nSPS) is 10.4. The van der Waals surface area contributed by atoms with Gasteiger partial charge in [0.2, 0.25) is 0 Å². The van der Waals surface area contributed by atoms with Crippen molar-refractivity contribution in [3.05, 3.63) is 109 Å². The second-order valence-corrected chi connectivity index (χ2v) is 14.4. The minimum atomic E-state index is -2.30. The van der Waals surface area contributed by atoms with Crippen LogP contribution in [0.25, 0.3) is 18.2 Å². The van der Waals surface area contributed by atoms with Gasteiger partial charge >= 0.3 is 159 Å². The molecule has 0 radical (unpaired) electrons. The van der Waals surface area contributed by atoms with Crippen molar-refractivity contribution in [3.63, 3.8) is 0 Å². The molecule has 0 aliphatic rings. The number of benzene rings is 3. The van der Waals surface area contributed by atoms with E-state index in [-0.39, 0.29) is 0 Å². The van der Waals surface area contributed by atoms with Crippen molar-refractivity contribution in [1.29, 1.82) is 0 Å². The summed E-state index contributed by atoms with van der Waals surface area (Å²) in [6.07, 6.45) is 5.68. The first kappa shape index (κ1) is 17.6. The molecule has 0 N–H and O–H groups in total. The Kier molecular flexibility index (Phi) is 5.79. The third-order valence-electron chi connectivity index (χ3n) is 4.16. The maximum absolute atomic E-state index is 3.86. The van der Waals surface area contributed by atoms with Gasteiger partial charge in [0, 0.05) is 0 Å². The van der Waals surface area contributed by atoms with Crippen molar-refractivity contribution in [2.45, 2.75) is 0 Å². The van der Waals surface area contributed by atoms with Gasteiger partial charge in [-0.25, -0.2) is 0 Å². The first-order valence-corrected chi connectivity index (χ1v) is 13.4. The van der Waals surface area contributed by atoms with Crippen LogP contribution in [0.3, 0.4) is 0 Å². The quantitative estimate of drug-likeness (QED) is 0.431. The number of rotatable bonds is 6. The van der Waals surface area contributed by atoms with Crippen LogP contribution in [0.1, 0.15) is 16.7 Å². The van der Waals surface area contributed by atoms with Gasteiger partial charge in [-0.3, -0.25) is 0 Å². The average Bonchev–Trinajstić information content (AvgIpc) is 2.70. The van der Waals surface area contributed by atoms with E-state index in [9.17, 15) is 0 Å². The zero-order chi connectivity index (χ0) is 17.6. The summed E-state index contributed by atoms with van der Waals surface area (Å²) < 4.78 is 4.41. The Morgan fingerprint density at radius 3 is 0.880 bits per heavy atom. The Morgan fingerprint density at radius 2 is 0.680 bits per heavy atom. The van der Waals surface area contributed by atoms with E-state index in [4.69, 9.17) is 0 Å². The third-order valence-corrected chi connectivity index (χ3v) is 13.7. The second-order valence-electron chi connectivity index (χ2n) is 5.72. The van der Waals surface area contributed by atoms with E-state index in [2.05, 4.69) is 92.5 Å². The summed E-state index contributed by atoms with van der Waals surface area (Å²) in [5.41, 5.74) is 3.49. The topological polar surface area (TPSA) is 0 Å². The monoisotopic (exact) mass is 518 g/mol. The molecule has 0 saturated heterocycles. The number of hydrogen-bond acceptors (Lipinski definition) is 0. The van der Waals surface area contributed by atoms with Crippen LogP contribution >= 0.6 is 0 Å². The molecule has 3 rings (SSSR count). The first-order chi connectivity index (χ1) is 12.2. The Morgan fingerprint density at radius 1 is 0.440 bits per heavy atom. The molecule has 1 heteroatoms. The summed E-state index contributed by atoms with van der Waals surface area (Å²) in [7, 11) is 0. The van der Waals surface area contributed by atoms with Gasteiger partial charge in [-0.1, -0.05) is 0 Å². The molecule has 0 unspecified atom stereocenters. The van der Waals surface area contributed by atoms with Crippen LogP contribution in [-0.2, 0) is 0 Å². The zero-order valence-corrected chi connectivity index (χ0v) is 17.7. The van der Waals surface area contributed by atoms with Crippen molar-refractivity contribution < 1.29 is 0 Å². The fourth-order valence-corrected chi connectivity index (χ4v) is 11.4. The average molecular weight is 518 g/mol. The van der Waals surface area contributed by atoms with E-state index < -0.39 is 21.8 Å². The molecule has 25 heavy (non-hydrogen) atoms. The summed E-state index contributed by atoms with van der Waals surface area (Å²) in [4.78, 5) is 0. The molecule has 0 fully saturated rings. The Balaban J connectivity index is 2.09. The molecule has 0 spiro atoms. The molecule has 0 aliphatic heterocycles. The SMILES string of the molecule is C=Cc1cc[c]([Bi]([c]2ccc(C=C)cc2)[c]2ccc(C=C)cc2)cc1. The predicted octanol–water partition coefficient (Wildman–Crippen LogP) is 4.13. The fraction of sp³-hybridized carbons (Fsp3) is 0. The van der Waals surface area contributed by atoms with Crippen molar-refractivity contribution >= 4 is 49.8 Å². The van der Waals surface area contributed by atoms with Crippen molar-refractivity contribution in [2.75, 3.05) is 0 Å². The first-order valence-electron chi connectivity index (χ1n) is 8.23. The zero-order valence-electron chi connectivity index (χ0n) is 14.2. The summed E-state index contributed by atoms with van der Waals surface area (Å²) in [6, 6.07) is 26.7. The van der Waals surface area contributed by atoms with Gasteiger partial charge in [0.25, 0.3) is 0 Å². The molecular weight excluding hydrogens is 497 g/mol. The van der Waals surface area contributed by atoms with E-state index in [1.165, 1.54) is 9.81 Å². The summed E-state index contributed by atoms with van der Waals surface area (Å²) in [6.45, 7) is 11.6. The molecule has 0 heterocycles. The Bertz CT molecular complexity index is 746. The van der Waals surface area contributed by atoms with Gasteiger partial charge in [0.15, 0.2) is 0 Å². The summed E-state index contributed by atoms with van der Waals surface area (Å²) in [5.74, 6) is 0. The summed E-state index contributed by atoms with van der Waals surface area (Å²) in [5, 5.41) is 0. The van der Waals surface area contributed by atoms with Crippen LogP contribution in [0.15, 0.2) is 92.5 Å². The second kappa shape index (κ2) is 8.23.